The van der Waals surface area contributed by atoms with Crippen molar-refractivity contribution >= 4 is 21.8 Å². The van der Waals surface area contributed by atoms with Gasteiger partial charge in [-0.25, -0.2) is 24.4 Å². The summed E-state index contributed by atoms with van der Waals surface area (Å²) in [6.07, 6.45) is 0. The molecule has 0 amide bonds. The summed E-state index contributed by atoms with van der Waals surface area (Å²) in [5.41, 5.74) is 0.552. The van der Waals surface area contributed by atoms with E-state index in [1.54, 1.807) is 42.5 Å². The third kappa shape index (κ3) is 5.42. The highest BCUT2D eigenvalue weighted by Gasteiger charge is 2.12. The van der Waals surface area contributed by atoms with Crippen molar-refractivity contribution in [3.05, 3.63) is 75.7 Å². The van der Waals surface area contributed by atoms with Crippen molar-refractivity contribution < 1.29 is 21.9 Å². The Kier molecular flexibility index (Phi) is 7.25. The van der Waals surface area contributed by atoms with Crippen LogP contribution in [0.5, 0.6) is 5.75 Å². The van der Waals surface area contributed by atoms with Crippen LogP contribution in [0.3, 0.4) is 0 Å². The largest absolute Gasteiger partial charge is 0.492 e. The van der Waals surface area contributed by atoms with Crippen molar-refractivity contribution in [2.24, 2.45) is 0 Å². The van der Waals surface area contributed by atoms with E-state index < -0.39 is 17.0 Å². The van der Waals surface area contributed by atoms with E-state index in [4.69, 9.17) is 22.4 Å². The average Bonchev–Trinajstić information content (AvgIpc) is 2.73. The zero-order valence-electron chi connectivity index (χ0n) is 15.2. The van der Waals surface area contributed by atoms with Crippen LogP contribution in [0.25, 0.3) is 32.2 Å². The van der Waals surface area contributed by atoms with Crippen LogP contribution in [-0.2, 0) is 14.6 Å². The van der Waals surface area contributed by atoms with Crippen LogP contribution in [0, 0.1) is 35.8 Å². The second-order valence-electron chi connectivity index (χ2n) is 5.50. The lowest BCUT2D eigenvalue weighted by Gasteiger charge is -2.11. The van der Waals surface area contributed by atoms with Crippen molar-refractivity contribution in [2.45, 2.75) is 0 Å². The van der Waals surface area contributed by atoms with Crippen molar-refractivity contribution in [3.8, 4) is 29.0 Å². The Balaban J connectivity index is 2.79. The van der Waals surface area contributed by atoms with E-state index in [2.05, 4.69) is 13.9 Å². The number of nitriles is 2. The maximum atomic E-state index is 10.7. The van der Waals surface area contributed by atoms with Crippen LogP contribution in [0.15, 0.2) is 42.5 Å². The van der Waals surface area contributed by atoms with Crippen LogP contribution in [-0.4, -0.2) is 26.2 Å². The van der Waals surface area contributed by atoms with E-state index in [0.717, 1.165) is 0 Å². The lowest BCUT2D eigenvalue weighted by Crippen LogP contribution is -2.21. The minimum atomic E-state index is -4.66. The Labute approximate surface area is 172 Å². The fraction of sp³-hybridized carbons (Fsp3) is 0.100. The van der Waals surface area contributed by atoms with E-state index in [0.29, 0.717) is 11.1 Å². The number of nitrogens with zero attached hydrogens (tertiary/aromatic N) is 4. The van der Waals surface area contributed by atoms with Crippen LogP contribution < -0.4 is 15.2 Å². The first-order valence-electron chi connectivity index (χ1n) is 8.12. The predicted octanol–water partition coefficient (Wildman–Crippen LogP) is 1.65. The van der Waals surface area contributed by atoms with Crippen LogP contribution in [0.4, 0.5) is 0 Å². The maximum absolute atomic E-state index is 10.7. The number of hydrogen-bond donors (Lipinski definition) is 1. The molecule has 0 radical (unpaired) electrons. The molecule has 0 aromatic heterocycles. The molecule has 0 aliphatic heterocycles. The lowest BCUT2D eigenvalue weighted by molar-refractivity contribution is 0.201. The van der Waals surface area contributed by atoms with Crippen molar-refractivity contribution in [1.82, 2.24) is 0 Å². The summed E-state index contributed by atoms with van der Waals surface area (Å²) >= 11 is 0. The van der Waals surface area contributed by atoms with Gasteiger partial charge >= 0.3 is 10.4 Å². The molecule has 0 unspecified atom stereocenters. The van der Waals surface area contributed by atoms with Gasteiger partial charge in [-0.1, -0.05) is 36.4 Å². The summed E-state index contributed by atoms with van der Waals surface area (Å²) in [6.45, 7) is 13.6. The first-order valence-corrected chi connectivity index (χ1v) is 9.49. The van der Waals surface area contributed by atoms with Gasteiger partial charge in [-0.05, 0) is 17.2 Å². The molecule has 10 heteroatoms. The summed E-state index contributed by atoms with van der Waals surface area (Å²) in [5, 5.41) is 19.0. The highest BCUT2D eigenvalue weighted by molar-refractivity contribution is 7.80. The van der Waals surface area contributed by atoms with E-state index in [1.165, 1.54) is 12.1 Å². The number of rotatable bonds is 6. The molecule has 0 fully saturated rings. The number of benzene rings is 2. The second-order valence-corrected chi connectivity index (χ2v) is 6.59. The maximum Gasteiger partial charge on any atom is 0.397 e. The fourth-order valence-electron chi connectivity index (χ4n) is 2.52. The van der Waals surface area contributed by atoms with Gasteiger partial charge in [0.2, 0.25) is 0 Å². The Morgan fingerprint density at radius 3 is 2.13 bits per heavy atom. The summed E-state index contributed by atoms with van der Waals surface area (Å²) in [5.74, 6) is -0.0208. The molecule has 9 nitrogen and oxygen atoms in total. The topological polar surface area (TPSA) is 129 Å². The van der Waals surface area contributed by atoms with Crippen molar-refractivity contribution in [1.29, 1.82) is 10.5 Å². The minimum Gasteiger partial charge on any atom is -0.492 e. The standard InChI is InChI=1S/C20H12N4O5S/c1-23-18(12-21)16-11-20(28-8-9-29-30(25,26)27)17(19(13-22)24-2)10-15(16)14-6-4-3-5-7-14/h3-7,10-11H,8-9H2,(H,25,26,27)/b18-16-,19-17+. The third-order valence-corrected chi connectivity index (χ3v) is 4.19. The van der Waals surface area contributed by atoms with Gasteiger partial charge in [-0.15, -0.1) is 0 Å². The highest BCUT2D eigenvalue weighted by Crippen LogP contribution is 2.18. The van der Waals surface area contributed by atoms with E-state index in [-0.39, 0.29) is 34.2 Å². The quantitative estimate of drug-likeness (QED) is 0.427. The Bertz CT molecular complexity index is 1320. The average molecular weight is 420 g/mol. The number of hydrogen-bond acceptors (Lipinski definition) is 6. The molecule has 2 rings (SSSR count). The van der Waals surface area contributed by atoms with Gasteiger partial charge in [-0.2, -0.15) is 8.42 Å². The molecule has 1 N–H and O–H groups in total. The lowest BCUT2D eigenvalue weighted by atomic mass is 10.00. The SMILES string of the molecule is [C-]#[N+]/C(C#N)=c1/cc(OCCOS(=O)(=O)O)/c(=C(\C#N)[N+]#[C-])cc1-c1ccccc1. The van der Waals surface area contributed by atoms with Gasteiger partial charge in [0.25, 0.3) is 11.4 Å². The van der Waals surface area contributed by atoms with Gasteiger partial charge < -0.3 is 4.74 Å². The first-order chi connectivity index (χ1) is 14.3. The molecule has 2 aromatic rings. The van der Waals surface area contributed by atoms with Gasteiger partial charge in [0, 0.05) is 10.4 Å². The monoisotopic (exact) mass is 420 g/mol. The molecule has 0 saturated carbocycles. The molecule has 0 heterocycles. The summed E-state index contributed by atoms with van der Waals surface area (Å²) < 4.78 is 39.5. The minimum absolute atomic E-state index is 0.0208. The van der Waals surface area contributed by atoms with Gasteiger partial charge in [0.15, 0.2) is 0 Å². The van der Waals surface area contributed by atoms with Crippen molar-refractivity contribution in [2.75, 3.05) is 13.2 Å². The normalized spacial score (nSPS) is 12.4. The molecule has 2 aromatic carbocycles. The predicted molar refractivity (Wildman–Crippen MR) is 105 cm³/mol. The zero-order valence-corrected chi connectivity index (χ0v) is 16.0. The summed E-state index contributed by atoms with van der Waals surface area (Å²) in [4.78, 5) is 6.41. The molecule has 30 heavy (non-hydrogen) atoms. The molecular formula is C20H12N4O5S. The molecule has 0 bridgehead atoms. The molecule has 148 valence electrons. The summed E-state index contributed by atoms with van der Waals surface area (Å²) in [7, 11) is -4.66. The molecule has 0 saturated heterocycles. The molecule has 0 aliphatic carbocycles. The van der Waals surface area contributed by atoms with Gasteiger partial charge in [-0.3, -0.25) is 4.55 Å². The third-order valence-electron chi connectivity index (χ3n) is 3.72. The van der Waals surface area contributed by atoms with E-state index in [9.17, 15) is 18.9 Å². The van der Waals surface area contributed by atoms with Gasteiger partial charge in [0.05, 0.1) is 25.3 Å². The van der Waals surface area contributed by atoms with E-state index in [1.807, 2.05) is 0 Å². The highest BCUT2D eigenvalue weighted by atomic mass is 32.3. The second kappa shape index (κ2) is 9.84. The number of ether oxygens (including phenoxy) is 1. The van der Waals surface area contributed by atoms with Crippen LogP contribution in [0.1, 0.15) is 0 Å². The molecule has 0 atom stereocenters. The Morgan fingerprint density at radius 2 is 1.60 bits per heavy atom. The van der Waals surface area contributed by atoms with E-state index >= 15 is 0 Å². The zero-order chi connectivity index (χ0) is 22.1. The molecule has 0 spiro atoms. The molecular weight excluding hydrogens is 408 g/mol. The summed E-state index contributed by atoms with van der Waals surface area (Å²) in [6, 6.07) is 15.1. The smallest absolute Gasteiger partial charge is 0.397 e. The van der Waals surface area contributed by atoms with Gasteiger partial charge in [0.1, 0.15) is 19.0 Å². The Hall–Kier alpha value is -4.19. The van der Waals surface area contributed by atoms with Crippen LogP contribution in [0.2, 0.25) is 0 Å². The Morgan fingerprint density at radius 1 is 1.00 bits per heavy atom. The van der Waals surface area contributed by atoms with Crippen LogP contribution >= 0.6 is 0 Å². The first kappa shape index (κ1) is 22.1. The van der Waals surface area contributed by atoms with Crippen molar-refractivity contribution in [3.63, 3.8) is 0 Å². The molecule has 0 aliphatic rings. The fourth-order valence-corrected chi connectivity index (χ4v) is 2.80.